The van der Waals surface area contributed by atoms with Gasteiger partial charge in [-0.15, -0.1) is 0 Å². The molecular formula is C47H50N4O14. The number of aliphatic hydroxyl groups is 3. The standard InChI is InChI=1S/C47H50N4O14/c1-24-31(63-43(59)36(55)35(27-15-9-7-10-16-27)49-41(57)28-17-11-8-12-18-28)22-47(60)40(64-42(58)29-19-13-14-20-30(29)50-51-48)38-45(6,32(54)21-33-46(38,23-61-33)65-26(3)53)39(56)37(62-25(2)52)34(24)44(47,4)5/h7-20,31-33,35-38,40,54-55,60H,21-23H2,1-6H3,(H,49,57)/t31-,32-,33+,35-,36+,37+,38-,40-,45+,46-,47+/m0/s1. The lowest BCUT2D eigenvalue weighted by Gasteiger charge is -2.67. The summed E-state index contributed by atoms with van der Waals surface area (Å²) >= 11 is 0. The van der Waals surface area contributed by atoms with E-state index >= 15 is 4.79 Å². The summed E-state index contributed by atoms with van der Waals surface area (Å²) in [7, 11) is 0. The molecule has 1 amide bonds. The SMILES string of the molecule is CC(=O)O[C@H]1C(=O)[C@@]2(C)[C@H]([C@H](OC(=O)c3ccccc3N=[N+]=[N-])[C@]3(O)C[C@H](OC(=O)[C@H](O)[C@@H](NC(=O)c4ccccc4)c4ccccc4)C(C)=C1C3(C)C)[C@]1(OC(C)=O)CO[C@@H]1C[C@@H]2O. The van der Waals surface area contributed by atoms with Crippen molar-refractivity contribution >= 4 is 41.3 Å². The van der Waals surface area contributed by atoms with Crippen LogP contribution in [0.3, 0.4) is 0 Å². The highest BCUT2D eigenvalue weighted by molar-refractivity contribution is 5.97. The van der Waals surface area contributed by atoms with E-state index in [2.05, 4.69) is 15.3 Å². The quantitative estimate of drug-likeness (QED) is 0.0509. The van der Waals surface area contributed by atoms with E-state index in [9.17, 15) is 44.8 Å². The van der Waals surface area contributed by atoms with Crippen molar-refractivity contribution in [3.05, 3.63) is 123 Å². The van der Waals surface area contributed by atoms with Gasteiger partial charge in [-0.25, -0.2) is 9.59 Å². The second-order valence-corrected chi connectivity index (χ2v) is 17.7. The van der Waals surface area contributed by atoms with Gasteiger partial charge < -0.3 is 44.3 Å². The molecule has 1 saturated heterocycles. The zero-order valence-corrected chi connectivity index (χ0v) is 36.5. The number of Topliss-reactive ketones (excluding diaryl/α,β-unsaturated/α-hetero) is 1. The van der Waals surface area contributed by atoms with Gasteiger partial charge in [0.1, 0.15) is 23.9 Å². The van der Waals surface area contributed by atoms with Crippen LogP contribution in [0.5, 0.6) is 0 Å². The highest BCUT2D eigenvalue weighted by Gasteiger charge is 2.78. The summed E-state index contributed by atoms with van der Waals surface area (Å²) < 4.78 is 30.3. The van der Waals surface area contributed by atoms with Crippen LogP contribution in [-0.2, 0) is 42.9 Å². The zero-order chi connectivity index (χ0) is 47.2. The third kappa shape index (κ3) is 7.84. The summed E-state index contributed by atoms with van der Waals surface area (Å²) in [6, 6.07) is 20.5. The lowest BCUT2D eigenvalue weighted by atomic mass is 9.44. The third-order valence-electron chi connectivity index (χ3n) is 13.7. The fraction of sp³-hybridized carbons (Fsp3) is 0.447. The van der Waals surface area contributed by atoms with Crippen LogP contribution in [0.25, 0.3) is 10.4 Å². The fourth-order valence-electron chi connectivity index (χ4n) is 10.4. The number of ether oxygens (including phenoxy) is 5. The van der Waals surface area contributed by atoms with Crippen LogP contribution in [0.2, 0.25) is 0 Å². The molecule has 18 nitrogen and oxygen atoms in total. The van der Waals surface area contributed by atoms with E-state index in [-0.39, 0.29) is 41.0 Å². The maximum absolute atomic E-state index is 15.6. The van der Waals surface area contributed by atoms with Crippen LogP contribution in [0, 0.1) is 16.7 Å². The van der Waals surface area contributed by atoms with E-state index in [1.807, 2.05) is 0 Å². The number of benzene rings is 3. The number of nitrogens with zero attached hydrogens (tertiary/aromatic N) is 3. The number of hydrogen-bond donors (Lipinski definition) is 4. The molecule has 7 rings (SSSR count). The van der Waals surface area contributed by atoms with E-state index < -0.39 is 113 Å². The average Bonchev–Trinajstić information content (AvgIpc) is 3.26. The van der Waals surface area contributed by atoms with Gasteiger partial charge >= 0.3 is 23.9 Å². The Morgan fingerprint density at radius 3 is 2.14 bits per heavy atom. The Labute approximate surface area is 373 Å². The van der Waals surface area contributed by atoms with Crippen LogP contribution in [-0.4, -0.2) is 105 Å². The number of carbonyl (C=O) groups is 6. The summed E-state index contributed by atoms with van der Waals surface area (Å²) in [5.41, 5.74) is 1.31. The lowest BCUT2D eigenvalue weighted by Crippen LogP contribution is -2.82. The molecular weight excluding hydrogens is 845 g/mol. The topological polar surface area (TPSA) is 270 Å². The Morgan fingerprint density at radius 1 is 0.908 bits per heavy atom. The van der Waals surface area contributed by atoms with Crippen molar-refractivity contribution in [1.29, 1.82) is 0 Å². The van der Waals surface area contributed by atoms with Gasteiger partial charge in [0.15, 0.2) is 23.6 Å². The van der Waals surface area contributed by atoms with Crippen LogP contribution in [0.15, 0.2) is 101 Å². The van der Waals surface area contributed by atoms with Gasteiger partial charge in [-0.2, -0.15) is 0 Å². The second-order valence-electron chi connectivity index (χ2n) is 17.7. The molecule has 3 aromatic rings. The highest BCUT2D eigenvalue weighted by atomic mass is 16.6. The van der Waals surface area contributed by atoms with Crippen LogP contribution in [0.1, 0.15) is 86.7 Å². The largest absolute Gasteiger partial charge is 0.456 e. The summed E-state index contributed by atoms with van der Waals surface area (Å²) in [4.78, 5) is 86.9. The first kappa shape index (κ1) is 46.6. The number of esters is 4. The maximum Gasteiger partial charge on any atom is 0.338 e. The minimum atomic E-state index is -2.50. The Bertz CT molecular complexity index is 2490. The molecule has 2 saturated carbocycles. The van der Waals surface area contributed by atoms with Crippen LogP contribution < -0.4 is 5.32 Å². The first-order chi connectivity index (χ1) is 30.7. The average molecular weight is 895 g/mol. The van der Waals surface area contributed by atoms with Crippen molar-refractivity contribution in [2.45, 2.75) is 108 Å². The number of nitrogens with one attached hydrogen (secondary N) is 1. The molecule has 1 heterocycles. The van der Waals surface area contributed by atoms with E-state index in [1.54, 1.807) is 60.7 Å². The van der Waals surface area contributed by atoms with E-state index in [0.29, 0.717) is 5.56 Å². The predicted octanol–water partition coefficient (Wildman–Crippen LogP) is 4.68. The molecule has 0 unspecified atom stereocenters. The van der Waals surface area contributed by atoms with E-state index in [4.69, 9.17) is 23.7 Å². The molecule has 4 aliphatic rings. The number of rotatable bonds is 11. The summed E-state index contributed by atoms with van der Waals surface area (Å²) in [6.45, 7) is 7.66. The fourth-order valence-corrected chi connectivity index (χ4v) is 10.4. The molecule has 0 aromatic heterocycles. The maximum atomic E-state index is 15.6. The van der Waals surface area contributed by atoms with Crippen molar-refractivity contribution in [1.82, 2.24) is 5.32 Å². The molecule has 65 heavy (non-hydrogen) atoms. The van der Waals surface area contributed by atoms with E-state index in [0.717, 1.165) is 13.8 Å². The summed E-state index contributed by atoms with van der Waals surface area (Å²) in [5.74, 6) is -7.38. The molecule has 3 aromatic carbocycles. The number of fused-ring (bicyclic) bond motifs is 5. The lowest BCUT2D eigenvalue weighted by molar-refractivity contribution is -0.346. The van der Waals surface area contributed by atoms with Gasteiger partial charge in [-0.3, -0.25) is 19.2 Å². The minimum Gasteiger partial charge on any atom is -0.456 e. The van der Waals surface area contributed by atoms with Gasteiger partial charge in [0, 0.05) is 42.6 Å². The number of amides is 1. The number of aliphatic hydroxyl groups excluding tert-OH is 2. The Morgan fingerprint density at radius 2 is 1.54 bits per heavy atom. The summed E-state index contributed by atoms with van der Waals surface area (Å²) in [6.07, 6.45) is -11.1. The minimum absolute atomic E-state index is 0.0633. The number of azide groups is 1. The van der Waals surface area contributed by atoms with Gasteiger partial charge in [0.25, 0.3) is 5.91 Å². The van der Waals surface area contributed by atoms with Crippen molar-refractivity contribution in [3.63, 3.8) is 0 Å². The molecule has 2 bridgehead atoms. The van der Waals surface area contributed by atoms with Crippen LogP contribution in [0.4, 0.5) is 5.69 Å². The Kier molecular flexibility index (Phi) is 12.5. The number of carbonyl (C=O) groups excluding carboxylic acids is 6. The molecule has 3 aliphatic carbocycles. The van der Waals surface area contributed by atoms with Gasteiger partial charge in [0.2, 0.25) is 0 Å². The normalized spacial score (nSPS) is 30.8. The molecule has 11 atom stereocenters. The van der Waals surface area contributed by atoms with Gasteiger partial charge in [0.05, 0.1) is 41.3 Å². The van der Waals surface area contributed by atoms with Gasteiger partial charge in [-0.05, 0) is 54.3 Å². The highest BCUT2D eigenvalue weighted by Crippen LogP contribution is 2.64. The first-order valence-electron chi connectivity index (χ1n) is 21.0. The van der Waals surface area contributed by atoms with Crippen molar-refractivity contribution in [2.75, 3.05) is 6.61 Å². The van der Waals surface area contributed by atoms with E-state index in [1.165, 1.54) is 52.0 Å². The molecule has 1 aliphatic heterocycles. The molecule has 18 heteroatoms. The van der Waals surface area contributed by atoms with Crippen molar-refractivity contribution < 1.29 is 67.8 Å². The smallest absolute Gasteiger partial charge is 0.338 e. The summed E-state index contributed by atoms with van der Waals surface area (Å²) in [5, 5.41) is 44.0. The molecule has 0 spiro atoms. The molecule has 3 fully saturated rings. The number of ketones is 1. The van der Waals surface area contributed by atoms with Crippen molar-refractivity contribution in [2.24, 2.45) is 21.9 Å². The predicted molar refractivity (Wildman–Crippen MR) is 226 cm³/mol. The van der Waals surface area contributed by atoms with Gasteiger partial charge in [-0.1, -0.05) is 85.7 Å². The van der Waals surface area contributed by atoms with Crippen LogP contribution >= 0.6 is 0 Å². The molecule has 0 radical (unpaired) electrons. The number of hydrogen-bond acceptors (Lipinski definition) is 15. The zero-order valence-electron chi connectivity index (χ0n) is 36.5. The Hall–Kier alpha value is -6.43. The first-order valence-corrected chi connectivity index (χ1v) is 21.0. The molecule has 342 valence electrons. The van der Waals surface area contributed by atoms with Crippen molar-refractivity contribution in [3.8, 4) is 0 Å². The second kappa shape index (κ2) is 17.5. The third-order valence-corrected chi connectivity index (χ3v) is 13.7. The molecule has 4 N–H and O–H groups in total. The monoisotopic (exact) mass is 894 g/mol. The Balaban J connectivity index is 1.41.